The van der Waals surface area contributed by atoms with Crippen LogP contribution in [0, 0.1) is 6.92 Å². The third-order valence-electron chi connectivity index (χ3n) is 4.35. The Balaban J connectivity index is 1.54. The number of ether oxygens (including phenoxy) is 1. The van der Waals surface area contributed by atoms with E-state index in [1.807, 2.05) is 6.92 Å². The Morgan fingerprint density at radius 1 is 1.43 bits per heavy atom. The van der Waals surface area contributed by atoms with Crippen LogP contribution >= 0.6 is 11.3 Å². The quantitative estimate of drug-likeness (QED) is 0.882. The van der Waals surface area contributed by atoms with E-state index in [1.54, 1.807) is 7.11 Å². The standard InChI is InChI=1S/C18H22N2O2S/c1-12-17(23-16(20-12)11-22-2)18(21)19-10-9-14-8-7-13-5-3-4-6-15(13)14/h3-6,14H,7-11H2,1-2H3,(H,19,21). The number of amides is 1. The van der Waals surface area contributed by atoms with Gasteiger partial charge in [-0.05, 0) is 43.2 Å². The van der Waals surface area contributed by atoms with Crippen molar-refractivity contribution in [2.75, 3.05) is 13.7 Å². The second-order valence-corrected chi connectivity index (χ2v) is 7.02. The van der Waals surface area contributed by atoms with Crippen molar-refractivity contribution < 1.29 is 9.53 Å². The third-order valence-corrected chi connectivity index (χ3v) is 5.48. The van der Waals surface area contributed by atoms with Gasteiger partial charge in [0.1, 0.15) is 9.88 Å². The number of thiazole rings is 1. The van der Waals surface area contributed by atoms with E-state index >= 15 is 0 Å². The smallest absolute Gasteiger partial charge is 0.263 e. The maximum absolute atomic E-state index is 12.3. The van der Waals surface area contributed by atoms with E-state index in [9.17, 15) is 4.79 Å². The number of rotatable bonds is 6. The topological polar surface area (TPSA) is 51.2 Å². The number of hydrogen-bond donors (Lipinski definition) is 1. The minimum atomic E-state index is -0.0198. The van der Waals surface area contributed by atoms with Crippen molar-refractivity contribution in [1.82, 2.24) is 10.3 Å². The molecule has 122 valence electrons. The maximum Gasteiger partial charge on any atom is 0.263 e. The highest BCUT2D eigenvalue weighted by atomic mass is 32.1. The number of hydrogen-bond acceptors (Lipinski definition) is 4. The van der Waals surface area contributed by atoms with Gasteiger partial charge in [0.05, 0.1) is 12.3 Å². The zero-order chi connectivity index (χ0) is 16.2. The Morgan fingerprint density at radius 2 is 2.26 bits per heavy atom. The number of fused-ring (bicyclic) bond motifs is 1. The lowest BCUT2D eigenvalue weighted by Gasteiger charge is -2.12. The molecular formula is C18H22N2O2S. The SMILES string of the molecule is COCc1nc(C)c(C(=O)NCCC2CCc3ccccc32)s1. The summed E-state index contributed by atoms with van der Waals surface area (Å²) in [4.78, 5) is 17.4. The van der Waals surface area contributed by atoms with Crippen LogP contribution in [0.15, 0.2) is 24.3 Å². The van der Waals surface area contributed by atoms with E-state index in [0.29, 0.717) is 23.9 Å². The van der Waals surface area contributed by atoms with E-state index in [1.165, 1.54) is 28.9 Å². The highest BCUT2D eigenvalue weighted by Crippen LogP contribution is 2.34. The first kappa shape index (κ1) is 16.1. The van der Waals surface area contributed by atoms with Crippen LogP contribution in [-0.4, -0.2) is 24.5 Å². The molecule has 1 aromatic carbocycles. The predicted octanol–water partition coefficient (Wildman–Crippen LogP) is 3.45. The summed E-state index contributed by atoms with van der Waals surface area (Å²) < 4.78 is 5.07. The molecule has 1 aliphatic carbocycles. The largest absolute Gasteiger partial charge is 0.378 e. The molecule has 0 aliphatic heterocycles. The maximum atomic E-state index is 12.3. The van der Waals surface area contributed by atoms with Gasteiger partial charge in [-0.15, -0.1) is 11.3 Å². The number of methoxy groups -OCH3 is 1. The molecule has 1 N–H and O–H groups in total. The van der Waals surface area contributed by atoms with Gasteiger partial charge in [0.2, 0.25) is 0 Å². The molecule has 0 saturated heterocycles. The molecule has 2 aromatic rings. The molecule has 1 atom stereocenters. The molecule has 23 heavy (non-hydrogen) atoms. The van der Waals surface area contributed by atoms with Crippen LogP contribution in [0.5, 0.6) is 0 Å². The minimum absolute atomic E-state index is 0.0198. The normalized spacial score (nSPS) is 16.3. The second-order valence-electron chi connectivity index (χ2n) is 5.93. The zero-order valence-electron chi connectivity index (χ0n) is 13.6. The van der Waals surface area contributed by atoms with Crippen molar-refractivity contribution >= 4 is 17.2 Å². The number of carbonyl (C=O) groups is 1. The van der Waals surface area contributed by atoms with Crippen LogP contribution in [0.2, 0.25) is 0 Å². The van der Waals surface area contributed by atoms with Crippen LogP contribution in [-0.2, 0) is 17.8 Å². The first-order valence-corrected chi connectivity index (χ1v) is 8.82. The van der Waals surface area contributed by atoms with Gasteiger partial charge in [0.15, 0.2) is 0 Å². The van der Waals surface area contributed by atoms with E-state index < -0.39 is 0 Å². The number of aryl methyl sites for hydroxylation is 2. The fourth-order valence-electron chi connectivity index (χ4n) is 3.23. The number of carbonyl (C=O) groups excluding carboxylic acids is 1. The summed E-state index contributed by atoms with van der Waals surface area (Å²) in [6.07, 6.45) is 3.33. The molecule has 1 unspecified atom stereocenters. The summed E-state index contributed by atoms with van der Waals surface area (Å²) in [5, 5.41) is 3.89. The second kappa shape index (κ2) is 7.23. The van der Waals surface area contributed by atoms with Crippen molar-refractivity contribution in [3.05, 3.63) is 51.0 Å². The van der Waals surface area contributed by atoms with Crippen LogP contribution in [0.25, 0.3) is 0 Å². The first-order chi connectivity index (χ1) is 11.2. The number of nitrogens with zero attached hydrogens (tertiary/aromatic N) is 1. The summed E-state index contributed by atoms with van der Waals surface area (Å²) in [5.41, 5.74) is 3.70. The fraction of sp³-hybridized carbons (Fsp3) is 0.444. The summed E-state index contributed by atoms with van der Waals surface area (Å²) in [6, 6.07) is 8.64. The van der Waals surface area contributed by atoms with Gasteiger partial charge in [-0.25, -0.2) is 4.98 Å². The lowest BCUT2D eigenvalue weighted by molar-refractivity contribution is 0.0955. The molecule has 0 fully saturated rings. The average Bonchev–Trinajstić information content (AvgIpc) is 3.12. The summed E-state index contributed by atoms with van der Waals surface area (Å²) >= 11 is 1.42. The van der Waals surface area contributed by atoms with E-state index in [2.05, 4.69) is 34.6 Å². The van der Waals surface area contributed by atoms with E-state index in [0.717, 1.165) is 23.5 Å². The molecular weight excluding hydrogens is 308 g/mol. The van der Waals surface area contributed by atoms with Crippen molar-refractivity contribution in [3.63, 3.8) is 0 Å². The van der Waals surface area contributed by atoms with Gasteiger partial charge in [-0.1, -0.05) is 24.3 Å². The van der Waals surface area contributed by atoms with Gasteiger partial charge in [0, 0.05) is 13.7 Å². The third kappa shape index (κ3) is 3.62. The molecule has 1 aliphatic rings. The molecule has 0 spiro atoms. The van der Waals surface area contributed by atoms with Gasteiger partial charge in [-0.2, -0.15) is 0 Å². The van der Waals surface area contributed by atoms with Gasteiger partial charge < -0.3 is 10.1 Å². The molecule has 1 heterocycles. The van der Waals surface area contributed by atoms with Crippen molar-refractivity contribution in [2.45, 2.75) is 38.7 Å². The lowest BCUT2D eigenvalue weighted by atomic mass is 9.98. The molecule has 3 rings (SSSR count). The summed E-state index contributed by atoms with van der Waals surface area (Å²) in [6.45, 7) is 3.03. The van der Waals surface area contributed by atoms with Crippen LogP contribution in [0.1, 0.15) is 50.3 Å². The number of nitrogens with one attached hydrogen (secondary N) is 1. The predicted molar refractivity (Wildman–Crippen MR) is 92.0 cm³/mol. The van der Waals surface area contributed by atoms with Crippen molar-refractivity contribution in [1.29, 1.82) is 0 Å². The molecule has 0 saturated carbocycles. The molecule has 4 nitrogen and oxygen atoms in total. The van der Waals surface area contributed by atoms with E-state index in [-0.39, 0.29) is 5.91 Å². The average molecular weight is 330 g/mol. The molecule has 5 heteroatoms. The highest BCUT2D eigenvalue weighted by molar-refractivity contribution is 7.13. The molecule has 1 amide bonds. The first-order valence-electron chi connectivity index (χ1n) is 8.00. The molecule has 0 radical (unpaired) electrons. The number of benzene rings is 1. The van der Waals surface area contributed by atoms with E-state index in [4.69, 9.17) is 4.74 Å². The Kier molecular flexibility index (Phi) is 5.08. The van der Waals surface area contributed by atoms with Gasteiger partial charge >= 0.3 is 0 Å². The number of aromatic nitrogens is 1. The van der Waals surface area contributed by atoms with Crippen molar-refractivity contribution in [3.8, 4) is 0 Å². The molecule has 1 aromatic heterocycles. The van der Waals surface area contributed by atoms with Crippen LogP contribution in [0.4, 0.5) is 0 Å². The Hall–Kier alpha value is -1.72. The summed E-state index contributed by atoms with van der Waals surface area (Å²) in [7, 11) is 1.63. The van der Waals surface area contributed by atoms with Gasteiger partial charge in [0.25, 0.3) is 5.91 Å². The summed E-state index contributed by atoms with van der Waals surface area (Å²) in [5.74, 6) is 0.548. The minimum Gasteiger partial charge on any atom is -0.378 e. The van der Waals surface area contributed by atoms with Crippen LogP contribution in [0.3, 0.4) is 0 Å². The zero-order valence-corrected chi connectivity index (χ0v) is 14.4. The Morgan fingerprint density at radius 3 is 3.09 bits per heavy atom. The molecule has 0 bridgehead atoms. The monoisotopic (exact) mass is 330 g/mol. The van der Waals surface area contributed by atoms with Crippen molar-refractivity contribution in [2.24, 2.45) is 0 Å². The lowest BCUT2D eigenvalue weighted by Crippen LogP contribution is -2.25. The Labute approximate surface area is 140 Å². The highest BCUT2D eigenvalue weighted by Gasteiger charge is 2.22. The van der Waals surface area contributed by atoms with Crippen LogP contribution < -0.4 is 5.32 Å². The fourth-order valence-corrected chi connectivity index (χ4v) is 4.19. The Bertz CT molecular complexity index is 696. The van der Waals surface area contributed by atoms with Gasteiger partial charge in [-0.3, -0.25) is 4.79 Å².